The van der Waals surface area contributed by atoms with E-state index in [0.29, 0.717) is 12.1 Å². The quantitative estimate of drug-likeness (QED) is 0.737. The Labute approximate surface area is 111 Å². The first-order valence-corrected chi connectivity index (χ1v) is 7.05. The molecule has 0 aliphatic carbocycles. The monoisotopic (exact) mass is 256 g/mol. The molecule has 1 aliphatic heterocycles. The lowest BCUT2D eigenvalue weighted by atomic mass is 9.99. The van der Waals surface area contributed by atoms with Gasteiger partial charge in [0.1, 0.15) is 5.54 Å². The van der Waals surface area contributed by atoms with Gasteiger partial charge in [0.2, 0.25) is 0 Å². The van der Waals surface area contributed by atoms with Crippen molar-refractivity contribution in [2.24, 2.45) is 0 Å². The molecule has 1 rings (SSSR count). The van der Waals surface area contributed by atoms with Crippen LogP contribution in [0.2, 0.25) is 0 Å². The molecule has 2 unspecified atom stereocenters. The molecule has 1 aliphatic rings. The van der Waals surface area contributed by atoms with Crippen LogP contribution >= 0.6 is 0 Å². The van der Waals surface area contributed by atoms with Crippen LogP contribution in [0.3, 0.4) is 0 Å². The summed E-state index contributed by atoms with van der Waals surface area (Å²) in [5.74, 6) is -0.205. The Kier molecular flexibility index (Phi) is 6.09. The number of ether oxygens (including phenoxy) is 1. The fourth-order valence-electron chi connectivity index (χ4n) is 2.72. The summed E-state index contributed by atoms with van der Waals surface area (Å²) in [5, 5.41) is 6.95. The predicted octanol–water partition coefficient (Wildman–Crippen LogP) is 1.84. The summed E-state index contributed by atoms with van der Waals surface area (Å²) in [5.41, 5.74) is -0.612. The fraction of sp³-hybridized carbons (Fsp3) is 0.929. The molecule has 0 bridgehead atoms. The molecule has 4 heteroatoms. The van der Waals surface area contributed by atoms with Crippen molar-refractivity contribution in [3.05, 3.63) is 0 Å². The van der Waals surface area contributed by atoms with E-state index in [1.165, 1.54) is 32.8 Å². The van der Waals surface area contributed by atoms with Crippen molar-refractivity contribution in [3.8, 4) is 0 Å². The van der Waals surface area contributed by atoms with Gasteiger partial charge in [-0.15, -0.1) is 0 Å². The predicted molar refractivity (Wildman–Crippen MR) is 73.6 cm³/mol. The zero-order valence-electron chi connectivity index (χ0n) is 12.2. The van der Waals surface area contributed by atoms with Crippen LogP contribution in [0.15, 0.2) is 0 Å². The number of carbonyl (C=O) groups excluding carboxylic acids is 1. The molecule has 4 nitrogen and oxygen atoms in total. The second kappa shape index (κ2) is 7.10. The molecule has 0 spiro atoms. The van der Waals surface area contributed by atoms with Crippen LogP contribution in [0.4, 0.5) is 0 Å². The van der Waals surface area contributed by atoms with Gasteiger partial charge < -0.3 is 10.1 Å². The number of nitrogens with one attached hydrogen (secondary N) is 2. The molecule has 0 amide bonds. The number of rotatable bonds is 5. The SMILES string of the molecule is COC(=O)C(C)(C)NC(C)CC1CCCCCN1. The van der Waals surface area contributed by atoms with E-state index >= 15 is 0 Å². The summed E-state index contributed by atoms with van der Waals surface area (Å²) in [4.78, 5) is 11.6. The Hall–Kier alpha value is -0.610. The van der Waals surface area contributed by atoms with Crippen LogP contribution in [0.5, 0.6) is 0 Å². The number of hydrogen-bond donors (Lipinski definition) is 2. The minimum atomic E-state index is -0.612. The molecule has 0 aromatic heterocycles. The van der Waals surface area contributed by atoms with Crippen LogP contribution in [-0.2, 0) is 9.53 Å². The van der Waals surface area contributed by atoms with Gasteiger partial charge in [0.05, 0.1) is 7.11 Å². The van der Waals surface area contributed by atoms with Gasteiger partial charge in [0, 0.05) is 12.1 Å². The molecule has 18 heavy (non-hydrogen) atoms. The molecule has 0 aromatic carbocycles. The van der Waals surface area contributed by atoms with E-state index in [2.05, 4.69) is 17.6 Å². The highest BCUT2D eigenvalue weighted by molar-refractivity contribution is 5.79. The normalized spacial score (nSPS) is 23.2. The van der Waals surface area contributed by atoms with Crippen LogP contribution in [0, 0.1) is 0 Å². The number of hydrogen-bond acceptors (Lipinski definition) is 4. The van der Waals surface area contributed by atoms with E-state index in [1.807, 2.05) is 13.8 Å². The second-order valence-electron chi connectivity index (χ2n) is 5.90. The lowest BCUT2D eigenvalue weighted by Gasteiger charge is -2.29. The first kappa shape index (κ1) is 15.4. The van der Waals surface area contributed by atoms with Crippen molar-refractivity contribution in [2.75, 3.05) is 13.7 Å². The van der Waals surface area contributed by atoms with Crippen LogP contribution in [0.1, 0.15) is 52.9 Å². The maximum atomic E-state index is 11.6. The first-order valence-electron chi connectivity index (χ1n) is 7.05. The van der Waals surface area contributed by atoms with E-state index in [0.717, 1.165) is 13.0 Å². The van der Waals surface area contributed by atoms with E-state index in [-0.39, 0.29) is 5.97 Å². The molecular weight excluding hydrogens is 228 g/mol. The lowest BCUT2D eigenvalue weighted by molar-refractivity contribution is -0.147. The van der Waals surface area contributed by atoms with Crippen LogP contribution in [0.25, 0.3) is 0 Å². The zero-order chi connectivity index (χ0) is 13.6. The highest BCUT2D eigenvalue weighted by atomic mass is 16.5. The molecular formula is C14H28N2O2. The highest BCUT2D eigenvalue weighted by Crippen LogP contribution is 2.14. The van der Waals surface area contributed by atoms with Crippen molar-refractivity contribution < 1.29 is 9.53 Å². The molecule has 106 valence electrons. The largest absolute Gasteiger partial charge is 0.468 e. The summed E-state index contributed by atoms with van der Waals surface area (Å²) < 4.78 is 4.81. The number of carbonyl (C=O) groups is 1. The van der Waals surface area contributed by atoms with Gasteiger partial charge in [0.15, 0.2) is 0 Å². The molecule has 2 atom stereocenters. The van der Waals surface area contributed by atoms with E-state index in [1.54, 1.807) is 0 Å². The maximum Gasteiger partial charge on any atom is 0.325 e. The minimum absolute atomic E-state index is 0.205. The van der Waals surface area contributed by atoms with Gasteiger partial charge >= 0.3 is 5.97 Å². The average Bonchev–Trinajstić information content (AvgIpc) is 2.55. The third kappa shape index (κ3) is 4.94. The minimum Gasteiger partial charge on any atom is -0.468 e. The van der Waals surface area contributed by atoms with Crippen molar-refractivity contribution in [1.29, 1.82) is 0 Å². The van der Waals surface area contributed by atoms with E-state index < -0.39 is 5.54 Å². The van der Waals surface area contributed by atoms with Gasteiger partial charge in [-0.2, -0.15) is 0 Å². The molecule has 0 saturated carbocycles. The summed E-state index contributed by atoms with van der Waals surface area (Å²) in [6.45, 7) is 7.00. The Morgan fingerprint density at radius 1 is 1.44 bits per heavy atom. The van der Waals surface area contributed by atoms with Crippen molar-refractivity contribution in [1.82, 2.24) is 10.6 Å². The smallest absolute Gasteiger partial charge is 0.325 e. The summed E-state index contributed by atoms with van der Waals surface area (Å²) >= 11 is 0. The summed E-state index contributed by atoms with van der Waals surface area (Å²) in [7, 11) is 1.43. The number of esters is 1. The molecule has 2 N–H and O–H groups in total. The zero-order valence-corrected chi connectivity index (χ0v) is 12.2. The summed E-state index contributed by atoms with van der Waals surface area (Å²) in [6.07, 6.45) is 6.22. The van der Waals surface area contributed by atoms with Crippen LogP contribution in [-0.4, -0.2) is 37.2 Å². The van der Waals surface area contributed by atoms with Crippen molar-refractivity contribution in [3.63, 3.8) is 0 Å². The van der Waals surface area contributed by atoms with E-state index in [9.17, 15) is 4.79 Å². The third-order valence-electron chi connectivity index (χ3n) is 3.60. The Morgan fingerprint density at radius 2 is 2.17 bits per heavy atom. The van der Waals surface area contributed by atoms with Crippen LogP contribution < -0.4 is 10.6 Å². The van der Waals surface area contributed by atoms with Gasteiger partial charge in [-0.3, -0.25) is 10.1 Å². The second-order valence-corrected chi connectivity index (χ2v) is 5.90. The molecule has 1 saturated heterocycles. The topological polar surface area (TPSA) is 50.4 Å². The Morgan fingerprint density at radius 3 is 2.83 bits per heavy atom. The standard InChI is InChI=1S/C14H28N2O2/c1-11(16-14(2,3)13(17)18-4)10-12-8-6-5-7-9-15-12/h11-12,15-16H,5-10H2,1-4H3. The highest BCUT2D eigenvalue weighted by Gasteiger charge is 2.30. The van der Waals surface area contributed by atoms with Gasteiger partial charge in [-0.1, -0.05) is 12.8 Å². The maximum absolute atomic E-state index is 11.6. The summed E-state index contributed by atoms with van der Waals surface area (Å²) in [6, 6.07) is 0.873. The Balaban J connectivity index is 2.40. The Bertz CT molecular complexity index is 259. The molecule has 1 heterocycles. The van der Waals surface area contributed by atoms with Crippen molar-refractivity contribution >= 4 is 5.97 Å². The van der Waals surface area contributed by atoms with Gasteiger partial charge in [-0.05, 0) is 46.6 Å². The first-order chi connectivity index (χ1) is 8.45. The van der Waals surface area contributed by atoms with Crippen molar-refractivity contribution in [2.45, 2.75) is 70.5 Å². The lowest BCUT2D eigenvalue weighted by Crippen LogP contribution is -2.52. The molecule has 0 radical (unpaired) electrons. The third-order valence-corrected chi connectivity index (χ3v) is 3.60. The van der Waals surface area contributed by atoms with E-state index in [4.69, 9.17) is 4.74 Å². The van der Waals surface area contributed by atoms with Gasteiger partial charge in [-0.25, -0.2) is 0 Å². The average molecular weight is 256 g/mol. The fourth-order valence-corrected chi connectivity index (χ4v) is 2.72. The molecule has 0 aromatic rings. The number of methoxy groups -OCH3 is 1. The van der Waals surface area contributed by atoms with Gasteiger partial charge in [0.25, 0.3) is 0 Å². The molecule has 1 fully saturated rings.